The molecule has 0 spiro atoms. The van der Waals surface area contributed by atoms with E-state index in [2.05, 4.69) is 0 Å². The van der Waals surface area contributed by atoms with E-state index < -0.39 is 0 Å². The monoisotopic (exact) mass is 327 g/mol. The molecule has 0 unspecified atom stereocenters. The summed E-state index contributed by atoms with van der Waals surface area (Å²) in [7, 11) is 0. The number of amides is 2. The second-order valence-corrected chi connectivity index (χ2v) is 6.93. The molecule has 1 aromatic heterocycles. The SMILES string of the molecule is O=C1C=C(c2cccc3ccsc23)C(=O)N1CC1CCOCC1. The fourth-order valence-corrected chi connectivity index (χ4v) is 4.19. The number of ether oxygens (including phenoxy) is 1. The zero-order valence-electron chi connectivity index (χ0n) is 12.7. The first-order chi connectivity index (χ1) is 11.2. The van der Waals surface area contributed by atoms with Crippen LogP contribution in [0.4, 0.5) is 0 Å². The normalized spacial score (nSPS) is 19.7. The molecule has 5 heteroatoms. The van der Waals surface area contributed by atoms with E-state index in [-0.39, 0.29) is 11.8 Å². The van der Waals surface area contributed by atoms with Gasteiger partial charge in [-0.2, -0.15) is 0 Å². The summed E-state index contributed by atoms with van der Waals surface area (Å²) >= 11 is 1.60. The molecule has 0 saturated carbocycles. The van der Waals surface area contributed by atoms with E-state index in [1.54, 1.807) is 11.3 Å². The highest BCUT2D eigenvalue weighted by atomic mass is 32.1. The van der Waals surface area contributed by atoms with Gasteiger partial charge in [-0.05, 0) is 35.6 Å². The molecule has 0 bridgehead atoms. The summed E-state index contributed by atoms with van der Waals surface area (Å²) in [6.45, 7) is 1.94. The summed E-state index contributed by atoms with van der Waals surface area (Å²) in [4.78, 5) is 26.5. The van der Waals surface area contributed by atoms with Crippen molar-refractivity contribution < 1.29 is 14.3 Å². The molecular weight excluding hydrogens is 310 g/mol. The molecule has 118 valence electrons. The Morgan fingerprint density at radius 2 is 2.00 bits per heavy atom. The Kier molecular flexibility index (Phi) is 3.75. The average Bonchev–Trinajstić information content (AvgIpc) is 3.15. The minimum atomic E-state index is -0.190. The van der Waals surface area contributed by atoms with E-state index in [1.165, 1.54) is 11.0 Å². The summed E-state index contributed by atoms with van der Waals surface area (Å²) in [6, 6.07) is 7.92. The van der Waals surface area contributed by atoms with Gasteiger partial charge >= 0.3 is 0 Å². The van der Waals surface area contributed by atoms with Crippen LogP contribution in [0.5, 0.6) is 0 Å². The molecule has 2 aliphatic rings. The van der Waals surface area contributed by atoms with Crippen molar-refractivity contribution in [2.45, 2.75) is 12.8 Å². The molecular formula is C18H17NO3S. The van der Waals surface area contributed by atoms with Crippen LogP contribution in [-0.4, -0.2) is 36.5 Å². The number of thiophene rings is 1. The summed E-state index contributed by atoms with van der Waals surface area (Å²) in [5, 5.41) is 3.12. The van der Waals surface area contributed by atoms with E-state index >= 15 is 0 Å². The number of hydrogen-bond donors (Lipinski definition) is 0. The van der Waals surface area contributed by atoms with Crippen LogP contribution in [-0.2, 0) is 14.3 Å². The minimum absolute atomic E-state index is 0.164. The third-order valence-corrected chi connectivity index (χ3v) is 5.52. The van der Waals surface area contributed by atoms with Crippen molar-refractivity contribution in [3.63, 3.8) is 0 Å². The lowest BCUT2D eigenvalue weighted by molar-refractivity contribution is -0.137. The van der Waals surface area contributed by atoms with Gasteiger partial charge in [0, 0.05) is 36.1 Å². The molecule has 2 amide bonds. The van der Waals surface area contributed by atoms with Crippen LogP contribution in [0.25, 0.3) is 15.7 Å². The van der Waals surface area contributed by atoms with Crippen molar-refractivity contribution in [1.29, 1.82) is 0 Å². The lowest BCUT2D eigenvalue weighted by atomic mass is 9.99. The van der Waals surface area contributed by atoms with Gasteiger partial charge in [-0.15, -0.1) is 11.3 Å². The van der Waals surface area contributed by atoms with E-state index in [4.69, 9.17) is 4.74 Å². The standard InChI is InChI=1S/C18H17NO3S/c20-16-10-15(14-3-1-2-13-6-9-23-17(13)14)18(21)19(16)11-12-4-7-22-8-5-12/h1-3,6,9-10,12H,4-5,7-8,11H2. The molecule has 1 fully saturated rings. The minimum Gasteiger partial charge on any atom is -0.381 e. The number of rotatable bonds is 3. The Morgan fingerprint density at radius 1 is 1.17 bits per heavy atom. The topological polar surface area (TPSA) is 46.6 Å². The number of nitrogens with zero attached hydrogens (tertiary/aromatic N) is 1. The highest BCUT2D eigenvalue weighted by Crippen LogP contribution is 2.33. The van der Waals surface area contributed by atoms with Crippen molar-refractivity contribution in [1.82, 2.24) is 4.90 Å². The second kappa shape index (κ2) is 5.91. The average molecular weight is 327 g/mol. The number of benzene rings is 1. The zero-order valence-corrected chi connectivity index (χ0v) is 13.5. The Hall–Kier alpha value is -1.98. The smallest absolute Gasteiger partial charge is 0.261 e. The van der Waals surface area contributed by atoms with Crippen LogP contribution < -0.4 is 0 Å². The summed E-state index contributed by atoms with van der Waals surface area (Å²) in [5.41, 5.74) is 1.39. The first kappa shape index (κ1) is 14.6. The molecule has 3 heterocycles. The summed E-state index contributed by atoms with van der Waals surface area (Å²) in [6.07, 6.45) is 3.32. The maximum atomic E-state index is 12.8. The zero-order chi connectivity index (χ0) is 15.8. The molecule has 1 aromatic carbocycles. The van der Waals surface area contributed by atoms with Gasteiger partial charge in [0.15, 0.2) is 0 Å². The molecule has 2 aromatic rings. The van der Waals surface area contributed by atoms with Crippen molar-refractivity contribution in [2.24, 2.45) is 5.92 Å². The van der Waals surface area contributed by atoms with Gasteiger partial charge in [0.05, 0.1) is 5.57 Å². The predicted octanol–water partition coefficient (Wildman–Crippen LogP) is 3.08. The molecule has 23 heavy (non-hydrogen) atoms. The summed E-state index contributed by atoms with van der Waals surface area (Å²) in [5.74, 6) is -0.00521. The first-order valence-electron chi connectivity index (χ1n) is 7.86. The van der Waals surface area contributed by atoms with Crippen LogP contribution >= 0.6 is 11.3 Å². The third kappa shape index (κ3) is 2.60. The molecule has 0 N–H and O–H groups in total. The quantitative estimate of drug-likeness (QED) is 0.814. The van der Waals surface area contributed by atoms with Gasteiger partial charge in [-0.1, -0.05) is 18.2 Å². The van der Waals surface area contributed by atoms with E-state index in [0.717, 1.165) is 41.7 Å². The fourth-order valence-electron chi connectivity index (χ4n) is 3.27. The van der Waals surface area contributed by atoms with Crippen LogP contribution in [0, 0.1) is 5.92 Å². The lowest BCUT2D eigenvalue weighted by Crippen LogP contribution is -2.37. The predicted molar refractivity (Wildman–Crippen MR) is 90.1 cm³/mol. The van der Waals surface area contributed by atoms with E-state index in [9.17, 15) is 9.59 Å². The summed E-state index contributed by atoms with van der Waals surface area (Å²) < 4.78 is 6.41. The highest BCUT2D eigenvalue weighted by Gasteiger charge is 2.34. The van der Waals surface area contributed by atoms with Crippen LogP contribution in [0.3, 0.4) is 0 Å². The van der Waals surface area contributed by atoms with E-state index in [0.29, 0.717) is 18.0 Å². The number of carbonyl (C=O) groups is 2. The van der Waals surface area contributed by atoms with Gasteiger partial charge in [0.25, 0.3) is 11.8 Å². The molecule has 4 nitrogen and oxygen atoms in total. The van der Waals surface area contributed by atoms with Gasteiger partial charge in [-0.25, -0.2) is 0 Å². The number of imide groups is 1. The van der Waals surface area contributed by atoms with Gasteiger partial charge in [0.1, 0.15) is 0 Å². The molecule has 4 rings (SSSR count). The van der Waals surface area contributed by atoms with Gasteiger partial charge < -0.3 is 4.74 Å². The van der Waals surface area contributed by atoms with Crippen molar-refractivity contribution in [3.8, 4) is 0 Å². The van der Waals surface area contributed by atoms with Crippen LogP contribution in [0.2, 0.25) is 0 Å². The maximum Gasteiger partial charge on any atom is 0.261 e. The lowest BCUT2D eigenvalue weighted by Gasteiger charge is -2.26. The fraction of sp³-hybridized carbons (Fsp3) is 0.333. The number of hydrogen-bond acceptors (Lipinski definition) is 4. The number of fused-ring (bicyclic) bond motifs is 1. The Morgan fingerprint density at radius 3 is 2.83 bits per heavy atom. The molecule has 0 radical (unpaired) electrons. The molecule has 1 saturated heterocycles. The van der Waals surface area contributed by atoms with Crippen LogP contribution in [0.15, 0.2) is 35.7 Å². The van der Waals surface area contributed by atoms with Gasteiger partial charge in [0.2, 0.25) is 0 Å². The molecule has 0 aliphatic carbocycles. The van der Waals surface area contributed by atoms with Crippen molar-refractivity contribution >= 4 is 38.8 Å². The highest BCUT2D eigenvalue weighted by molar-refractivity contribution is 7.17. The molecule has 2 aliphatic heterocycles. The Labute approximate surface area is 138 Å². The Balaban J connectivity index is 1.61. The van der Waals surface area contributed by atoms with Crippen molar-refractivity contribution in [2.75, 3.05) is 19.8 Å². The van der Waals surface area contributed by atoms with Gasteiger partial charge in [-0.3, -0.25) is 14.5 Å². The van der Waals surface area contributed by atoms with Crippen molar-refractivity contribution in [3.05, 3.63) is 41.3 Å². The van der Waals surface area contributed by atoms with Crippen LogP contribution in [0.1, 0.15) is 18.4 Å². The first-order valence-corrected chi connectivity index (χ1v) is 8.74. The second-order valence-electron chi connectivity index (χ2n) is 6.01. The Bertz CT molecular complexity index is 801. The third-order valence-electron chi connectivity index (χ3n) is 4.56. The largest absolute Gasteiger partial charge is 0.381 e. The maximum absolute atomic E-state index is 12.8. The molecule has 0 atom stereocenters. The number of carbonyl (C=O) groups excluding carboxylic acids is 2. The van der Waals surface area contributed by atoms with E-state index in [1.807, 2.05) is 29.6 Å².